The number of rotatable bonds is 12. The summed E-state index contributed by atoms with van der Waals surface area (Å²) >= 11 is 0. The van der Waals surface area contributed by atoms with E-state index >= 15 is 0 Å². The first-order valence-corrected chi connectivity index (χ1v) is 13.9. The molecule has 1 saturated heterocycles. The Hall–Kier alpha value is -3.58. The van der Waals surface area contributed by atoms with Gasteiger partial charge >= 0.3 is 0 Å². The zero-order valence-electron chi connectivity index (χ0n) is 22.0. The quantitative estimate of drug-likeness (QED) is 0.225. The Labute approximate surface area is 222 Å². The van der Waals surface area contributed by atoms with Gasteiger partial charge in [-0.05, 0) is 36.8 Å². The largest absolute Gasteiger partial charge is 0.366 e. The molecule has 206 valence electrons. The number of anilines is 2. The van der Waals surface area contributed by atoms with Gasteiger partial charge in [0, 0.05) is 49.9 Å². The van der Waals surface area contributed by atoms with Crippen LogP contribution in [0.5, 0.6) is 0 Å². The lowest BCUT2D eigenvalue weighted by molar-refractivity contribution is -0.385. The van der Waals surface area contributed by atoms with E-state index < -0.39 is 19.9 Å². The van der Waals surface area contributed by atoms with Crippen LogP contribution < -0.4 is 10.3 Å². The SMILES string of the molecule is CC(C)CN(CC(C)C)S(=O)(=O)c1cc([N+](=O)[O-])ccc1NN=Cc1ccc(N2CCCC2)c([N+](=O)[O-])c1. The fourth-order valence-electron chi connectivity index (χ4n) is 4.32. The van der Waals surface area contributed by atoms with Gasteiger partial charge in [0.15, 0.2) is 0 Å². The number of nitro benzene ring substituents is 2. The molecule has 13 heteroatoms. The Morgan fingerprint density at radius 2 is 1.63 bits per heavy atom. The first-order valence-electron chi connectivity index (χ1n) is 12.5. The highest BCUT2D eigenvalue weighted by Gasteiger charge is 2.30. The van der Waals surface area contributed by atoms with Crippen LogP contribution in [0.2, 0.25) is 0 Å². The van der Waals surface area contributed by atoms with Crippen LogP contribution in [0, 0.1) is 32.1 Å². The summed E-state index contributed by atoms with van der Waals surface area (Å²) in [6, 6.07) is 8.32. The van der Waals surface area contributed by atoms with Gasteiger partial charge in [-0.25, -0.2) is 8.42 Å². The first-order chi connectivity index (χ1) is 17.9. The Morgan fingerprint density at radius 1 is 1.00 bits per heavy atom. The summed E-state index contributed by atoms with van der Waals surface area (Å²) in [5.41, 5.74) is 3.34. The monoisotopic (exact) mass is 546 g/mol. The molecule has 1 heterocycles. The number of hydrogen-bond acceptors (Lipinski definition) is 9. The lowest BCUT2D eigenvalue weighted by Gasteiger charge is -2.26. The maximum absolute atomic E-state index is 13.6. The number of nitro groups is 2. The molecule has 0 amide bonds. The van der Waals surface area contributed by atoms with Crippen molar-refractivity contribution in [1.82, 2.24) is 4.31 Å². The molecule has 1 aliphatic rings. The standard InChI is InChI=1S/C25H34N6O6S/c1-18(2)16-29(17-19(3)4)38(36,37)25-14-21(30(32)33)8-9-22(25)27-26-15-20-7-10-23(24(13-20)31(34)35)28-11-5-6-12-28/h7-10,13-15,18-19,27H,5-6,11-12,16-17H2,1-4H3. The van der Waals surface area contributed by atoms with Crippen LogP contribution in [0.3, 0.4) is 0 Å². The number of sulfonamides is 1. The van der Waals surface area contributed by atoms with Crippen molar-refractivity contribution in [3.63, 3.8) is 0 Å². The third-order valence-corrected chi connectivity index (χ3v) is 7.84. The minimum Gasteiger partial charge on any atom is -0.366 e. The molecular formula is C25H34N6O6S. The van der Waals surface area contributed by atoms with Gasteiger partial charge in [-0.1, -0.05) is 33.8 Å². The van der Waals surface area contributed by atoms with Gasteiger partial charge in [0.25, 0.3) is 11.4 Å². The van der Waals surface area contributed by atoms with Crippen molar-refractivity contribution in [2.75, 3.05) is 36.5 Å². The van der Waals surface area contributed by atoms with Gasteiger partial charge < -0.3 is 4.90 Å². The van der Waals surface area contributed by atoms with Crippen LogP contribution in [-0.4, -0.2) is 55.0 Å². The molecule has 0 unspecified atom stereocenters. The predicted octanol–water partition coefficient (Wildman–Crippen LogP) is 4.85. The molecule has 12 nitrogen and oxygen atoms in total. The van der Waals surface area contributed by atoms with E-state index in [-0.39, 0.29) is 46.9 Å². The fourth-order valence-corrected chi connectivity index (χ4v) is 6.25. The first kappa shape index (κ1) is 29.0. The van der Waals surface area contributed by atoms with Crippen LogP contribution in [0.4, 0.5) is 22.7 Å². The lowest BCUT2D eigenvalue weighted by atomic mass is 10.1. The normalized spacial score (nSPS) is 14.2. The zero-order valence-corrected chi connectivity index (χ0v) is 22.8. The molecule has 38 heavy (non-hydrogen) atoms. The third-order valence-electron chi connectivity index (χ3n) is 5.97. The van der Waals surface area contributed by atoms with Crippen molar-refractivity contribution < 1.29 is 18.3 Å². The number of benzene rings is 2. The Bertz CT molecular complexity index is 1300. The van der Waals surface area contributed by atoms with E-state index in [1.807, 2.05) is 32.6 Å². The molecule has 1 aliphatic heterocycles. The average Bonchev–Trinajstić information content (AvgIpc) is 3.37. The van der Waals surface area contributed by atoms with Crippen LogP contribution in [0.15, 0.2) is 46.4 Å². The minimum atomic E-state index is -4.11. The molecule has 0 bridgehead atoms. The molecular weight excluding hydrogens is 512 g/mol. The number of nitrogens with one attached hydrogen (secondary N) is 1. The summed E-state index contributed by atoms with van der Waals surface area (Å²) in [7, 11) is -4.11. The Balaban J connectivity index is 1.94. The maximum atomic E-state index is 13.6. The molecule has 0 saturated carbocycles. The third kappa shape index (κ3) is 7.04. The summed E-state index contributed by atoms with van der Waals surface area (Å²) in [6.45, 7) is 9.61. The van der Waals surface area contributed by atoms with E-state index in [0.29, 0.717) is 11.3 Å². The summed E-state index contributed by atoms with van der Waals surface area (Å²) in [5, 5.41) is 27.2. The van der Waals surface area contributed by atoms with E-state index in [4.69, 9.17) is 0 Å². The number of non-ortho nitro benzene ring substituents is 1. The van der Waals surface area contributed by atoms with Gasteiger partial charge in [-0.2, -0.15) is 9.41 Å². The predicted molar refractivity (Wildman–Crippen MR) is 147 cm³/mol. The van der Waals surface area contributed by atoms with Gasteiger partial charge in [0.1, 0.15) is 10.6 Å². The van der Waals surface area contributed by atoms with Crippen LogP contribution in [0.1, 0.15) is 46.1 Å². The van der Waals surface area contributed by atoms with Crippen molar-refractivity contribution in [1.29, 1.82) is 0 Å². The minimum absolute atomic E-state index is 0.0348. The molecule has 0 atom stereocenters. The molecule has 0 aromatic heterocycles. The van der Waals surface area contributed by atoms with Crippen molar-refractivity contribution in [3.8, 4) is 0 Å². The maximum Gasteiger partial charge on any atom is 0.293 e. The average molecular weight is 547 g/mol. The molecule has 3 rings (SSSR count). The second kappa shape index (κ2) is 12.3. The summed E-state index contributed by atoms with van der Waals surface area (Å²) in [5.74, 6) is 0.0759. The van der Waals surface area contributed by atoms with E-state index in [2.05, 4.69) is 10.5 Å². The highest BCUT2D eigenvalue weighted by molar-refractivity contribution is 7.89. The van der Waals surface area contributed by atoms with Gasteiger partial charge in [-0.3, -0.25) is 25.7 Å². The summed E-state index contributed by atoms with van der Waals surface area (Å²) < 4.78 is 28.6. The van der Waals surface area contributed by atoms with E-state index in [1.165, 1.54) is 28.7 Å². The van der Waals surface area contributed by atoms with Crippen molar-refractivity contribution >= 4 is 39.0 Å². The molecule has 1 N–H and O–H groups in total. The zero-order chi connectivity index (χ0) is 28.0. The van der Waals surface area contributed by atoms with Crippen LogP contribution in [-0.2, 0) is 10.0 Å². The molecule has 2 aromatic carbocycles. The van der Waals surface area contributed by atoms with E-state index in [9.17, 15) is 28.6 Å². The number of hydrogen-bond donors (Lipinski definition) is 1. The Kier molecular flexibility index (Phi) is 9.39. The molecule has 0 spiro atoms. The summed E-state index contributed by atoms with van der Waals surface area (Å²) in [4.78, 5) is 23.7. The van der Waals surface area contributed by atoms with Gasteiger partial charge in [0.05, 0.1) is 21.7 Å². The topological polar surface area (TPSA) is 151 Å². The highest BCUT2D eigenvalue weighted by Crippen LogP contribution is 2.32. The van der Waals surface area contributed by atoms with Crippen LogP contribution in [0.25, 0.3) is 0 Å². The van der Waals surface area contributed by atoms with E-state index in [0.717, 1.165) is 32.0 Å². The fraction of sp³-hybridized carbons (Fsp3) is 0.480. The molecule has 0 radical (unpaired) electrons. The molecule has 1 fully saturated rings. The Morgan fingerprint density at radius 3 is 2.18 bits per heavy atom. The highest BCUT2D eigenvalue weighted by atomic mass is 32.2. The van der Waals surface area contributed by atoms with Crippen LogP contribution >= 0.6 is 0 Å². The second-order valence-corrected chi connectivity index (χ2v) is 12.0. The lowest BCUT2D eigenvalue weighted by Crippen LogP contribution is -2.37. The van der Waals surface area contributed by atoms with Crippen molar-refractivity contribution in [2.24, 2.45) is 16.9 Å². The second-order valence-electron chi connectivity index (χ2n) is 10.1. The van der Waals surface area contributed by atoms with Crippen molar-refractivity contribution in [3.05, 3.63) is 62.2 Å². The smallest absolute Gasteiger partial charge is 0.293 e. The van der Waals surface area contributed by atoms with E-state index in [1.54, 1.807) is 12.1 Å². The van der Waals surface area contributed by atoms with Crippen molar-refractivity contribution in [2.45, 2.75) is 45.4 Å². The van der Waals surface area contributed by atoms with Gasteiger partial charge in [-0.15, -0.1) is 0 Å². The molecule has 2 aromatic rings. The number of hydrazone groups is 1. The number of nitrogens with zero attached hydrogens (tertiary/aromatic N) is 5. The molecule has 0 aliphatic carbocycles. The van der Waals surface area contributed by atoms with Gasteiger partial charge in [0.2, 0.25) is 10.0 Å². The summed E-state index contributed by atoms with van der Waals surface area (Å²) in [6.07, 6.45) is 3.31.